The highest BCUT2D eigenvalue weighted by atomic mass is 19.4. The maximum Gasteiger partial charge on any atom is 0.416 e. The maximum absolute atomic E-state index is 13.6. The van der Waals surface area contributed by atoms with Crippen molar-refractivity contribution in [1.82, 2.24) is 0 Å². The molecular formula is C13H9F4N. The quantitative estimate of drug-likeness (QED) is 0.602. The Labute approximate surface area is 101 Å². The molecule has 18 heavy (non-hydrogen) atoms. The number of halogens is 4. The van der Waals surface area contributed by atoms with E-state index in [1.165, 1.54) is 24.3 Å². The Hall–Kier alpha value is -2.04. The maximum atomic E-state index is 13.6. The lowest BCUT2D eigenvalue weighted by Crippen LogP contribution is -2.04. The molecular weight excluding hydrogens is 246 g/mol. The van der Waals surface area contributed by atoms with Gasteiger partial charge < -0.3 is 5.73 Å². The fourth-order valence-electron chi connectivity index (χ4n) is 1.60. The van der Waals surface area contributed by atoms with Crippen molar-refractivity contribution in [2.45, 2.75) is 6.18 Å². The number of benzene rings is 2. The van der Waals surface area contributed by atoms with Crippen molar-refractivity contribution in [3.8, 4) is 11.1 Å². The third-order valence-corrected chi connectivity index (χ3v) is 2.52. The fourth-order valence-corrected chi connectivity index (χ4v) is 1.60. The van der Waals surface area contributed by atoms with Gasteiger partial charge in [-0.15, -0.1) is 0 Å². The summed E-state index contributed by atoms with van der Waals surface area (Å²) < 4.78 is 50.7. The van der Waals surface area contributed by atoms with Crippen LogP contribution in [0.3, 0.4) is 0 Å². The van der Waals surface area contributed by atoms with Gasteiger partial charge >= 0.3 is 6.18 Å². The third-order valence-electron chi connectivity index (χ3n) is 2.52. The second kappa shape index (κ2) is 4.33. The van der Waals surface area contributed by atoms with Crippen LogP contribution in [0.2, 0.25) is 0 Å². The van der Waals surface area contributed by atoms with Crippen LogP contribution in [0.1, 0.15) is 5.56 Å². The number of nitrogen functional groups attached to an aromatic ring is 1. The van der Waals surface area contributed by atoms with Crippen molar-refractivity contribution < 1.29 is 17.6 Å². The number of rotatable bonds is 1. The minimum absolute atomic E-state index is 0.220. The van der Waals surface area contributed by atoms with Crippen LogP contribution in [0.25, 0.3) is 11.1 Å². The minimum Gasteiger partial charge on any atom is -0.399 e. The highest BCUT2D eigenvalue weighted by Crippen LogP contribution is 2.31. The largest absolute Gasteiger partial charge is 0.416 e. The van der Waals surface area contributed by atoms with Gasteiger partial charge in [-0.05, 0) is 35.9 Å². The first-order valence-corrected chi connectivity index (χ1v) is 5.10. The molecule has 0 amide bonds. The summed E-state index contributed by atoms with van der Waals surface area (Å²) in [5.74, 6) is -0.560. The van der Waals surface area contributed by atoms with Gasteiger partial charge in [0.15, 0.2) is 0 Å². The van der Waals surface area contributed by atoms with Crippen LogP contribution in [0.4, 0.5) is 23.2 Å². The van der Waals surface area contributed by atoms with E-state index in [4.69, 9.17) is 5.73 Å². The zero-order valence-electron chi connectivity index (χ0n) is 9.13. The Kier molecular flexibility index (Phi) is 2.98. The summed E-state index contributed by atoms with van der Waals surface area (Å²) in [5.41, 5.74) is 5.50. The summed E-state index contributed by atoms with van der Waals surface area (Å²) in [7, 11) is 0. The van der Waals surface area contributed by atoms with Crippen molar-refractivity contribution in [3.63, 3.8) is 0 Å². The summed E-state index contributed by atoms with van der Waals surface area (Å²) >= 11 is 0. The van der Waals surface area contributed by atoms with Crippen LogP contribution in [-0.4, -0.2) is 0 Å². The fraction of sp³-hybridized carbons (Fsp3) is 0.0769. The second-order valence-corrected chi connectivity index (χ2v) is 3.81. The van der Waals surface area contributed by atoms with Crippen LogP contribution < -0.4 is 5.73 Å². The molecule has 0 aliphatic carbocycles. The lowest BCUT2D eigenvalue weighted by atomic mass is 10.0. The van der Waals surface area contributed by atoms with Gasteiger partial charge in [0.1, 0.15) is 5.82 Å². The molecule has 0 aliphatic rings. The normalized spacial score (nSPS) is 11.6. The van der Waals surface area contributed by atoms with Crippen molar-refractivity contribution >= 4 is 5.69 Å². The molecule has 0 heterocycles. The molecule has 0 saturated carbocycles. The Morgan fingerprint density at radius 1 is 0.889 bits per heavy atom. The molecule has 5 heteroatoms. The number of nitrogens with two attached hydrogens (primary N) is 1. The van der Waals surface area contributed by atoms with Crippen molar-refractivity contribution in [2.24, 2.45) is 0 Å². The molecule has 0 unspecified atom stereocenters. The second-order valence-electron chi connectivity index (χ2n) is 3.81. The number of alkyl halides is 3. The highest BCUT2D eigenvalue weighted by Gasteiger charge is 2.30. The minimum atomic E-state index is -4.39. The Morgan fingerprint density at radius 3 is 2.00 bits per heavy atom. The van der Waals surface area contributed by atoms with Gasteiger partial charge in [0.2, 0.25) is 0 Å². The number of anilines is 1. The van der Waals surface area contributed by atoms with E-state index in [0.29, 0.717) is 5.56 Å². The van der Waals surface area contributed by atoms with Gasteiger partial charge in [-0.2, -0.15) is 13.2 Å². The van der Waals surface area contributed by atoms with Gasteiger partial charge in [-0.25, -0.2) is 4.39 Å². The van der Waals surface area contributed by atoms with Gasteiger partial charge in [-0.3, -0.25) is 0 Å². The molecule has 0 aromatic heterocycles. The molecule has 0 saturated heterocycles. The van der Waals surface area contributed by atoms with E-state index < -0.39 is 17.6 Å². The van der Waals surface area contributed by atoms with E-state index in [9.17, 15) is 17.6 Å². The van der Waals surface area contributed by atoms with Crippen molar-refractivity contribution in [1.29, 1.82) is 0 Å². The summed E-state index contributed by atoms with van der Waals surface area (Å²) in [4.78, 5) is 0. The smallest absolute Gasteiger partial charge is 0.399 e. The van der Waals surface area contributed by atoms with Crippen LogP contribution in [0.5, 0.6) is 0 Å². The van der Waals surface area contributed by atoms with E-state index in [2.05, 4.69) is 0 Å². The molecule has 2 rings (SSSR count). The Bertz CT molecular complexity index is 558. The topological polar surface area (TPSA) is 26.0 Å². The standard InChI is InChI=1S/C13H9F4N/c14-12-7-10(18)5-6-11(12)8-1-3-9(4-2-8)13(15,16)17/h1-7H,18H2. The third kappa shape index (κ3) is 2.45. The highest BCUT2D eigenvalue weighted by molar-refractivity contribution is 5.66. The molecule has 0 radical (unpaired) electrons. The Morgan fingerprint density at radius 2 is 1.50 bits per heavy atom. The summed E-state index contributed by atoms with van der Waals surface area (Å²) in [6.45, 7) is 0. The van der Waals surface area contributed by atoms with E-state index in [1.54, 1.807) is 0 Å². The first-order valence-electron chi connectivity index (χ1n) is 5.10. The van der Waals surface area contributed by atoms with Crippen LogP contribution in [0.15, 0.2) is 42.5 Å². The molecule has 1 nitrogen and oxygen atoms in total. The molecule has 0 fully saturated rings. The van der Waals surface area contributed by atoms with Gasteiger partial charge in [-0.1, -0.05) is 12.1 Å². The average molecular weight is 255 g/mol. The molecule has 2 aromatic carbocycles. The average Bonchev–Trinajstić information content (AvgIpc) is 2.28. The van der Waals surface area contributed by atoms with E-state index in [-0.39, 0.29) is 11.3 Å². The van der Waals surface area contributed by atoms with Crippen LogP contribution in [0, 0.1) is 5.82 Å². The molecule has 0 bridgehead atoms. The first-order chi connectivity index (χ1) is 8.38. The SMILES string of the molecule is Nc1ccc(-c2ccc(C(F)(F)F)cc2)c(F)c1. The van der Waals surface area contributed by atoms with Crippen LogP contribution >= 0.6 is 0 Å². The zero-order valence-corrected chi connectivity index (χ0v) is 9.13. The van der Waals surface area contributed by atoms with Gasteiger partial charge in [0, 0.05) is 11.3 Å². The lowest BCUT2D eigenvalue weighted by molar-refractivity contribution is -0.137. The van der Waals surface area contributed by atoms with E-state index in [1.807, 2.05) is 0 Å². The van der Waals surface area contributed by atoms with E-state index in [0.717, 1.165) is 18.2 Å². The zero-order chi connectivity index (χ0) is 13.3. The molecule has 94 valence electrons. The predicted molar refractivity (Wildman–Crippen MR) is 61.3 cm³/mol. The summed E-state index contributed by atoms with van der Waals surface area (Å²) in [6.07, 6.45) is -4.39. The summed E-state index contributed by atoms with van der Waals surface area (Å²) in [6, 6.07) is 8.38. The van der Waals surface area contributed by atoms with E-state index >= 15 is 0 Å². The summed E-state index contributed by atoms with van der Waals surface area (Å²) in [5, 5.41) is 0. The van der Waals surface area contributed by atoms with Crippen molar-refractivity contribution in [2.75, 3.05) is 5.73 Å². The molecule has 0 atom stereocenters. The van der Waals surface area contributed by atoms with Crippen LogP contribution in [-0.2, 0) is 6.18 Å². The molecule has 2 N–H and O–H groups in total. The number of hydrogen-bond acceptors (Lipinski definition) is 1. The molecule has 0 aliphatic heterocycles. The number of hydrogen-bond donors (Lipinski definition) is 1. The predicted octanol–water partition coefficient (Wildman–Crippen LogP) is 4.09. The molecule has 2 aromatic rings. The monoisotopic (exact) mass is 255 g/mol. The van der Waals surface area contributed by atoms with Gasteiger partial charge in [0.25, 0.3) is 0 Å². The molecule has 0 spiro atoms. The van der Waals surface area contributed by atoms with Gasteiger partial charge in [0.05, 0.1) is 5.56 Å². The Balaban J connectivity index is 2.41. The lowest BCUT2D eigenvalue weighted by Gasteiger charge is -2.08. The first kappa shape index (κ1) is 12.4. The van der Waals surface area contributed by atoms with Crippen molar-refractivity contribution in [3.05, 3.63) is 53.8 Å².